The van der Waals surface area contributed by atoms with Gasteiger partial charge in [0.1, 0.15) is 11.8 Å². The Kier molecular flexibility index (Phi) is 5.11. The van der Waals surface area contributed by atoms with Gasteiger partial charge in [-0.3, -0.25) is 4.79 Å². The van der Waals surface area contributed by atoms with Crippen LogP contribution in [0.1, 0.15) is 22.5 Å². The van der Waals surface area contributed by atoms with Crippen LogP contribution in [0, 0.1) is 11.3 Å². The zero-order valence-corrected chi connectivity index (χ0v) is 10.1. The average Bonchev–Trinajstić information content (AvgIpc) is 2.34. The van der Waals surface area contributed by atoms with E-state index in [1.54, 1.807) is 12.1 Å². The number of rotatable bonds is 5. The number of hydrogen-bond acceptors (Lipinski definition) is 4. The maximum absolute atomic E-state index is 11.6. The van der Waals surface area contributed by atoms with E-state index in [4.69, 9.17) is 5.26 Å². The Hall–Kier alpha value is -1.93. The van der Waals surface area contributed by atoms with Crippen molar-refractivity contribution in [3.05, 3.63) is 29.6 Å². The van der Waals surface area contributed by atoms with E-state index >= 15 is 0 Å². The lowest BCUT2D eigenvalue weighted by Crippen LogP contribution is -2.27. The molecule has 0 bridgehead atoms. The molecule has 1 heterocycles. The third kappa shape index (κ3) is 4.62. The molecule has 0 aromatic carbocycles. The number of amides is 1. The molecule has 1 rings (SSSR count). The van der Waals surface area contributed by atoms with E-state index in [2.05, 4.69) is 15.2 Å². The number of nitrogens with one attached hydrogen (secondary N) is 1. The first-order valence-corrected chi connectivity index (χ1v) is 5.42. The van der Waals surface area contributed by atoms with Crippen LogP contribution < -0.4 is 5.32 Å². The van der Waals surface area contributed by atoms with E-state index < -0.39 is 0 Å². The molecular weight excluding hydrogens is 216 g/mol. The fourth-order valence-electron chi connectivity index (χ4n) is 1.28. The molecule has 90 valence electrons. The number of hydrogen-bond donors (Lipinski definition) is 1. The number of carbonyl (C=O) groups is 1. The van der Waals surface area contributed by atoms with Gasteiger partial charge in [0.2, 0.25) is 0 Å². The first kappa shape index (κ1) is 13.1. The molecule has 0 aliphatic heterocycles. The quantitative estimate of drug-likeness (QED) is 0.756. The summed E-state index contributed by atoms with van der Waals surface area (Å²) in [6, 6.07) is 5.10. The van der Waals surface area contributed by atoms with E-state index in [1.165, 1.54) is 6.20 Å². The molecule has 5 nitrogen and oxygen atoms in total. The number of carbonyl (C=O) groups excluding carboxylic acids is 1. The second-order valence-corrected chi connectivity index (χ2v) is 3.96. The molecule has 1 N–H and O–H groups in total. The van der Waals surface area contributed by atoms with Gasteiger partial charge in [-0.15, -0.1) is 0 Å². The summed E-state index contributed by atoms with van der Waals surface area (Å²) >= 11 is 0. The summed E-state index contributed by atoms with van der Waals surface area (Å²) in [5.74, 6) is -0.201. The Morgan fingerprint density at radius 1 is 1.53 bits per heavy atom. The highest BCUT2D eigenvalue weighted by Gasteiger charge is 2.05. The number of nitrogens with zero attached hydrogens (tertiary/aromatic N) is 3. The highest BCUT2D eigenvalue weighted by atomic mass is 16.1. The van der Waals surface area contributed by atoms with Gasteiger partial charge in [0.25, 0.3) is 5.91 Å². The van der Waals surface area contributed by atoms with Crippen LogP contribution in [0.5, 0.6) is 0 Å². The van der Waals surface area contributed by atoms with Gasteiger partial charge in [-0.2, -0.15) is 5.26 Å². The van der Waals surface area contributed by atoms with Crippen molar-refractivity contribution in [2.24, 2.45) is 0 Å². The molecule has 1 aromatic rings. The Balaban J connectivity index is 2.39. The van der Waals surface area contributed by atoms with Crippen LogP contribution in [0.4, 0.5) is 0 Å². The SMILES string of the molecule is CN(C)CCCNC(=O)c1ccc(C#N)cn1. The molecule has 0 aliphatic rings. The first-order valence-electron chi connectivity index (χ1n) is 5.42. The summed E-state index contributed by atoms with van der Waals surface area (Å²) in [5.41, 5.74) is 0.794. The van der Waals surface area contributed by atoms with Gasteiger partial charge in [0.05, 0.1) is 5.56 Å². The van der Waals surface area contributed by atoms with Crippen molar-refractivity contribution in [1.82, 2.24) is 15.2 Å². The molecule has 1 amide bonds. The first-order chi connectivity index (χ1) is 8.13. The summed E-state index contributed by atoms with van der Waals surface area (Å²) in [5, 5.41) is 11.4. The van der Waals surface area contributed by atoms with Gasteiger partial charge in [-0.25, -0.2) is 4.98 Å². The summed E-state index contributed by atoms with van der Waals surface area (Å²) in [4.78, 5) is 17.6. The van der Waals surface area contributed by atoms with Crippen molar-refractivity contribution in [2.45, 2.75) is 6.42 Å². The van der Waals surface area contributed by atoms with Gasteiger partial charge < -0.3 is 10.2 Å². The van der Waals surface area contributed by atoms with E-state index in [-0.39, 0.29) is 5.91 Å². The zero-order chi connectivity index (χ0) is 12.7. The van der Waals surface area contributed by atoms with Crippen LogP contribution in [0.3, 0.4) is 0 Å². The fourth-order valence-corrected chi connectivity index (χ4v) is 1.28. The lowest BCUT2D eigenvalue weighted by molar-refractivity contribution is 0.0947. The van der Waals surface area contributed by atoms with Crippen LogP contribution >= 0.6 is 0 Å². The van der Waals surface area contributed by atoms with Crippen LogP contribution in [0.15, 0.2) is 18.3 Å². The highest BCUT2D eigenvalue weighted by Crippen LogP contribution is 1.98. The lowest BCUT2D eigenvalue weighted by atomic mass is 10.2. The smallest absolute Gasteiger partial charge is 0.269 e. The third-order valence-electron chi connectivity index (χ3n) is 2.19. The molecule has 0 saturated heterocycles. The second kappa shape index (κ2) is 6.61. The maximum atomic E-state index is 11.6. The highest BCUT2D eigenvalue weighted by molar-refractivity contribution is 5.92. The van der Waals surface area contributed by atoms with E-state index in [1.807, 2.05) is 20.2 Å². The van der Waals surface area contributed by atoms with E-state index in [0.29, 0.717) is 17.8 Å². The van der Waals surface area contributed by atoms with Crippen molar-refractivity contribution in [1.29, 1.82) is 5.26 Å². The molecular formula is C12H16N4O. The molecule has 0 aliphatic carbocycles. The summed E-state index contributed by atoms with van der Waals surface area (Å²) < 4.78 is 0. The van der Waals surface area contributed by atoms with Gasteiger partial charge in [-0.05, 0) is 39.2 Å². The van der Waals surface area contributed by atoms with Crippen LogP contribution in [-0.2, 0) is 0 Å². The molecule has 0 atom stereocenters. The van der Waals surface area contributed by atoms with Crippen LogP contribution in [0.25, 0.3) is 0 Å². The zero-order valence-electron chi connectivity index (χ0n) is 10.1. The van der Waals surface area contributed by atoms with Crippen LogP contribution in [0.2, 0.25) is 0 Å². The van der Waals surface area contributed by atoms with Crippen molar-refractivity contribution >= 4 is 5.91 Å². The summed E-state index contributed by atoms with van der Waals surface area (Å²) in [7, 11) is 3.98. The second-order valence-electron chi connectivity index (χ2n) is 3.96. The monoisotopic (exact) mass is 232 g/mol. The molecule has 5 heteroatoms. The largest absolute Gasteiger partial charge is 0.351 e. The minimum absolute atomic E-state index is 0.201. The Labute approximate surface area is 101 Å². The predicted molar refractivity (Wildman–Crippen MR) is 64.5 cm³/mol. The van der Waals surface area contributed by atoms with Gasteiger partial charge in [0.15, 0.2) is 0 Å². The van der Waals surface area contributed by atoms with Crippen molar-refractivity contribution < 1.29 is 4.79 Å². The minimum atomic E-state index is -0.201. The minimum Gasteiger partial charge on any atom is -0.351 e. The fraction of sp³-hybridized carbons (Fsp3) is 0.417. The lowest BCUT2D eigenvalue weighted by Gasteiger charge is -2.09. The molecule has 1 aromatic heterocycles. The molecule has 0 spiro atoms. The standard InChI is InChI=1S/C12H16N4O/c1-16(2)7-3-6-14-12(17)11-5-4-10(8-13)9-15-11/h4-5,9H,3,6-7H2,1-2H3,(H,14,17). The van der Waals surface area contributed by atoms with Crippen molar-refractivity contribution in [3.8, 4) is 6.07 Å². The molecule has 0 saturated carbocycles. The molecule has 0 radical (unpaired) electrons. The third-order valence-corrected chi connectivity index (χ3v) is 2.19. The number of nitriles is 1. The van der Waals surface area contributed by atoms with Gasteiger partial charge >= 0.3 is 0 Å². The summed E-state index contributed by atoms with van der Waals surface area (Å²) in [6.45, 7) is 1.56. The molecule has 17 heavy (non-hydrogen) atoms. The summed E-state index contributed by atoms with van der Waals surface area (Å²) in [6.07, 6.45) is 2.30. The average molecular weight is 232 g/mol. The van der Waals surface area contributed by atoms with E-state index in [0.717, 1.165) is 13.0 Å². The molecule has 0 unspecified atom stereocenters. The topological polar surface area (TPSA) is 69.0 Å². The Bertz CT molecular complexity index is 406. The predicted octanol–water partition coefficient (Wildman–Crippen LogP) is 0.635. The number of pyridine rings is 1. The number of aromatic nitrogens is 1. The maximum Gasteiger partial charge on any atom is 0.269 e. The van der Waals surface area contributed by atoms with Gasteiger partial charge in [0, 0.05) is 12.7 Å². The van der Waals surface area contributed by atoms with Crippen molar-refractivity contribution in [3.63, 3.8) is 0 Å². The van der Waals surface area contributed by atoms with Crippen LogP contribution in [-0.4, -0.2) is 43.0 Å². The Morgan fingerprint density at radius 2 is 2.29 bits per heavy atom. The van der Waals surface area contributed by atoms with Gasteiger partial charge in [-0.1, -0.05) is 0 Å². The molecule has 0 fully saturated rings. The Morgan fingerprint density at radius 3 is 2.82 bits per heavy atom. The van der Waals surface area contributed by atoms with E-state index in [9.17, 15) is 4.79 Å². The van der Waals surface area contributed by atoms with Crippen molar-refractivity contribution in [2.75, 3.05) is 27.2 Å². The normalized spacial score (nSPS) is 10.0.